The van der Waals surface area contributed by atoms with Crippen molar-refractivity contribution in [1.29, 1.82) is 0 Å². The largest absolute Gasteiger partial charge is 0.267 e. The van der Waals surface area contributed by atoms with Gasteiger partial charge in [0.05, 0.1) is 21.7 Å². The number of aryl methyl sites for hydroxylation is 1. The highest BCUT2D eigenvalue weighted by Gasteiger charge is 2.18. The van der Waals surface area contributed by atoms with Gasteiger partial charge in [-0.3, -0.25) is 4.68 Å². The summed E-state index contributed by atoms with van der Waals surface area (Å²) in [7, 11) is -1.54. The molecule has 3 aromatic heterocycles. The van der Waals surface area contributed by atoms with Crippen LogP contribution in [0.5, 0.6) is 0 Å². The van der Waals surface area contributed by atoms with Crippen LogP contribution in [0.1, 0.15) is 0 Å². The van der Waals surface area contributed by atoms with E-state index in [-0.39, 0.29) is 0 Å². The second kappa shape index (κ2) is 3.67. The number of rotatable bonds is 1. The fourth-order valence-corrected chi connectivity index (χ4v) is 4.52. The highest BCUT2D eigenvalue weighted by molar-refractivity contribution is 14.1. The highest BCUT2D eigenvalue weighted by atomic mass is 127. The number of hydrogen-bond acceptors (Lipinski definition) is 4. The summed E-state index contributed by atoms with van der Waals surface area (Å²) < 4.78 is 27.2. The average molecular weight is 376 g/mol. The van der Waals surface area contributed by atoms with Crippen molar-refractivity contribution in [2.24, 2.45) is 7.05 Å². The van der Waals surface area contributed by atoms with E-state index in [0.717, 1.165) is 16.3 Å². The van der Waals surface area contributed by atoms with Gasteiger partial charge in [0.1, 0.15) is 0 Å². The summed E-state index contributed by atoms with van der Waals surface area (Å²) in [5.41, 5.74) is 1.33. The molecule has 3 heterocycles. The lowest BCUT2D eigenvalue weighted by atomic mass is 10.2. The predicted molar refractivity (Wildman–Crippen MR) is 77.0 cm³/mol. The molecule has 0 unspecified atom stereocenters. The van der Waals surface area contributed by atoms with Gasteiger partial charge in [-0.05, 0) is 28.7 Å². The number of pyridine rings is 1. The average Bonchev–Trinajstić information content (AvgIpc) is 2.77. The first-order valence-corrected chi connectivity index (χ1v) is 8.00. The molecule has 3 aromatic rings. The molecule has 8 heteroatoms. The second-order valence-corrected chi connectivity index (χ2v) is 7.00. The van der Waals surface area contributed by atoms with Gasteiger partial charge < -0.3 is 0 Å². The van der Waals surface area contributed by atoms with Crippen molar-refractivity contribution in [3.05, 3.63) is 22.2 Å². The SMILES string of the molecule is Cn1ncc2cnc3c(cc(I)n3S(C)(=O)=O)c21. The van der Waals surface area contributed by atoms with Crippen molar-refractivity contribution in [2.45, 2.75) is 0 Å². The zero-order chi connectivity index (χ0) is 13.1. The molecule has 3 rings (SSSR count). The fraction of sp³-hybridized carbons (Fsp3) is 0.200. The van der Waals surface area contributed by atoms with Gasteiger partial charge in [0, 0.05) is 24.0 Å². The van der Waals surface area contributed by atoms with E-state index in [4.69, 9.17) is 0 Å². The van der Waals surface area contributed by atoms with Crippen LogP contribution in [-0.4, -0.2) is 33.4 Å². The summed E-state index contributed by atoms with van der Waals surface area (Å²) in [6, 6.07) is 1.81. The Morgan fingerprint density at radius 1 is 1.33 bits per heavy atom. The van der Waals surface area contributed by atoms with Gasteiger partial charge in [0.25, 0.3) is 0 Å². The van der Waals surface area contributed by atoms with Crippen molar-refractivity contribution in [1.82, 2.24) is 18.7 Å². The van der Waals surface area contributed by atoms with Crippen LogP contribution < -0.4 is 0 Å². The van der Waals surface area contributed by atoms with E-state index in [1.54, 1.807) is 17.1 Å². The molecule has 0 aliphatic rings. The topological polar surface area (TPSA) is 69.8 Å². The highest BCUT2D eigenvalue weighted by Crippen LogP contribution is 2.27. The van der Waals surface area contributed by atoms with Crippen LogP contribution in [0.4, 0.5) is 0 Å². The molecule has 0 amide bonds. The standard InChI is InChI=1S/C10H9IN4O2S/c1-14-9-6(5-13-14)4-12-10-7(9)3-8(11)15(10)18(2,16)17/h3-5H,1-2H3. The molecular weight excluding hydrogens is 367 g/mol. The van der Waals surface area contributed by atoms with E-state index in [1.165, 1.54) is 10.2 Å². The van der Waals surface area contributed by atoms with Crippen molar-refractivity contribution >= 4 is 54.6 Å². The molecule has 0 aromatic carbocycles. The van der Waals surface area contributed by atoms with Crippen LogP contribution >= 0.6 is 22.6 Å². The summed E-state index contributed by atoms with van der Waals surface area (Å²) >= 11 is 2.00. The first-order valence-electron chi connectivity index (χ1n) is 5.08. The quantitative estimate of drug-likeness (QED) is 0.601. The number of aromatic nitrogens is 4. The maximum atomic E-state index is 11.8. The third-order valence-corrected chi connectivity index (χ3v) is 4.92. The molecule has 18 heavy (non-hydrogen) atoms. The fourth-order valence-electron chi connectivity index (χ4n) is 2.07. The van der Waals surface area contributed by atoms with Crippen molar-refractivity contribution in [2.75, 3.05) is 6.26 Å². The Labute approximate surface area is 117 Å². The molecule has 94 valence electrons. The summed E-state index contributed by atoms with van der Waals surface area (Å²) in [5, 5.41) is 5.85. The van der Waals surface area contributed by atoms with Crippen LogP contribution in [0.2, 0.25) is 0 Å². The number of halogens is 1. The van der Waals surface area contributed by atoms with Gasteiger partial charge >= 0.3 is 0 Å². The van der Waals surface area contributed by atoms with E-state index in [1.807, 2.05) is 35.7 Å². The van der Waals surface area contributed by atoms with Gasteiger partial charge in [-0.2, -0.15) is 5.10 Å². The lowest BCUT2D eigenvalue weighted by Gasteiger charge is -2.03. The molecular formula is C10H9IN4O2S. The number of nitrogens with zero attached hydrogens (tertiary/aromatic N) is 4. The van der Waals surface area contributed by atoms with Crippen molar-refractivity contribution < 1.29 is 8.42 Å². The Morgan fingerprint density at radius 2 is 2.06 bits per heavy atom. The molecule has 0 aliphatic heterocycles. The second-order valence-electron chi connectivity index (χ2n) is 4.06. The third kappa shape index (κ3) is 1.55. The van der Waals surface area contributed by atoms with Crippen LogP contribution in [0.25, 0.3) is 21.9 Å². The summed E-state index contributed by atoms with van der Waals surface area (Å²) in [4.78, 5) is 4.24. The normalized spacial score (nSPS) is 12.6. The molecule has 0 atom stereocenters. The maximum Gasteiger partial charge on any atom is 0.238 e. The summed E-state index contributed by atoms with van der Waals surface area (Å²) in [5.74, 6) is 0. The first-order chi connectivity index (χ1) is 8.39. The Balaban J connectivity index is 2.60. The molecule has 0 aliphatic carbocycles. The molecule has 0 radical (unpaired) electrons. The predicted octanol–water partition coefficient (Wildman–Crippen LogP) is 1.34. The smallest absolute Gasteiger partial charge is 0.238 e. The van der Waals surface area contributed by atoms with E-state index in [0.29, 0.717) is 9.35 Å². The first kappa shape index (κ1) is 11.9. The minimum Gasteiger partial charge on any atom is -0.267 e. The number of hydrogen-bond donors (Lipinski definition) is 0. The maximum absolute atomic E-state index is 11.8. The van der Waals surface area contributed by atoms with Crippen LogP contribution in [0.3, 0.4) is 0 Å². The van der Waals surface area contributed by atoms with E-state index >= 15 is 0 Å². The van der Waals surface area contributed by atoms with Gasteiger partial charge in [-0.25, -0.2) is 17.4 Å². The molecule has 6 nitrogen and oxygen atoms in total. The van der Waals surface area contributed by atoms with Crippen LogP contribution in [0.15, 0.2) is 18.5 Å². The molecule has 0 bridgehead atoms. The van der Waals surface area contributed by atoms with E-state index in [9.17, 15) is 8.42 Å². The zero-order valence-corrected chi connectivity index (χ0v) is 12.6. The van der Waals surface area contributed by atoms with Gasteiger partial charge in [0.15, 0.2) is 5.65 Å². The van der Waals surface area contributed by atoms with Crippen molar-refractivity contribution in [3.8, 4) is 0 Å². The molecule has 0 saturated carbocycles. The Morgan fingerprint density at radius 3 is 2.72 bits per heavy atom. The Kier molecular flexibility index (Phi) is 2.43. The van der Waals surface area contributed by atoms with Gasteiger partial charge in [0.2, 0.25) is 10.0 Å². The van der Waals surface area contributed by atoms with Gasteiger partial charge in [-0.15, -0.1) is 0 Å². The number of fused-ring (bicyclic) bond motifs is 3. The van der Waals surface area contributed by atoms with E-state index in [2.05, 4.69) is 10.1 Å². The minimum absolute atomic E-state index is 0.443. The molecule has 0 saturated heterocycles. The van der Waals surface area contributed by atoms with Crippen molar-refractivity contribution in [3.63, 3.8) is 0 Å². The Bertz CT molecular complexity index is 878. The lowest BCUT2D eigenvalue weighted by molar-refractivity contribution is 0.594. The zero-order valence-electron chi connectivity index (χ0n) is 9.62. The van der Waals surface area contributed by atoms with E-state index < -0.39 is 10.0 Å². The minimum atomic E-state index is -3.36. The summed E-state index contributed by atoms with van der Waals surface area (Å²) in [6.45, 7) is 0. The lowest BCUT2D eigenvalue weighted by Crippen LogP contribution is -2.11. The molecule has 0 N–H and O–H groups in total. The molecule has 0 spiro atoms. The van der Waals surface area contributed by atoms with Crippen LogP contribution in [-0.2, 0) is 17.1 Å². The van der Waals surface area contributed by atoms with Crippen LogP contribution in [0, 0.1) is 3.70 Å². The molecule has 0 fully saturated rings. The monoisotopic (exact) mass is 376 g/mol. The Hall–Kier alpha value is -1.16. The van der Waals surface area contributed by atoms with Gasteiger partial charge in [-0.1, -0.05) is 0 Å². The third-order valence-electron chi connectivity index (χ3n) is 2.77. The summed E-state index contributed by atoms with van der Waals surface area (Å²) in [6.07, 6.45) is 4.53.